The van der Waals surface area contributed by atoms with Crippen LogP contribution in [0.4, 0.5) is 5.82 Å². The van der Waals surface area contributed by atoms with Crippen molar-refractivity contribution in [1.29, 1.82) is 0 Å². The van der Waals surface area contributed by atoms with Crippen molar-refractivity contribution in [3.63, 3.8) is 0 Å². The van der Waals surface area contributed by atoms with E-state index in [0.717, 1.165) is 0 Å². The maximum absolute atomic E-state index is 10.6. The molecule has 8 nitrogen and oxygen atoms in total. The third-order valence-corrected chi connectivity index (χ3v) is 4.08. The summed E-state index contributed by atoms with van der Waals surface area (Å²) in [6, 6.07) is 0. The molecule has 1 aliphatic heterocycles. The molecule has 8 heteroatoms. The monoisotopic (exact) mass is 306 g/mol. The minimum atomic E-state index is -1.60. The van der Waals surface area contributed by atoms with Crippen molar-refractivity contribution in [1.82, 2.24) is 14.5 Å². The van der Waals surface area contributed by atoms with Gasteiger partial charge in [0, 0.05) is 11.8 Å². The highest BCUT2D eigenvalue weighted by Gasteiger charge is 2.53. The van der Waals surface area contributed by atoms with Crippen LogP contribution in [0, 0.1) is 0 Å². The predicted molar refractivity (Wildman–Crippen MR) is 79.7 cm³/mol. The second-order valence-corrected chi connectivity index (χ2v) is 5.53. The summed E-state index contributed by atoms with van der Waals surface area (Å²) in [7, 11) is 0. The highest BCUT2D eigenvalue weighted by atomic mass is 16.6. The number of hydrogen-bond donors (Lipinski definition) is 4. The Morgan fingerprint density at radius 2 is 2.27 bits per heavy atom. The minimum absolute atomic E-state index is 0.288. The van der Waals surface area contributed by atoms with E-state index in [0.29, 0.717) is 16.6 Å². The standard InChI is InChI=1S/C14H18N4O4/c1-3-7-4-18(12-9(7)11(15)16-6-17-12)13-14(2,21)10(20)8(5-19)22-13/h3-4,6,8,10,13,19-21H,1,5H2,2H3,(H2,15,16,17)/t8?,10?,13?,14-/m1/s1. The molecule has 0 aliphatic carbocycles. The van der Waals surface area contributed by atoms with Crippen LogP contribution in [0.25, 0.3) is 17.1 Å². The number of nitrogens with two attached hydrogens (primary N) is 1. The van der Waals surface area contributed by atoms with Crippen LogP contribution in [-0.2, 0) is 4.74 Å². The van der Waals surface area contributed by atoms with E-state index in [1.165, 1.54) is 13.3 Å². The molecule has 1 fully saturated rings. The highest BCUT2D eigenvalue weighted by molar-refractivity contribution is 5.94. The Kier molecular flexibility index (Phi) is 3.41. The summed E-state index contributed by atoms with van der Waals surface area (Å²) in [6.07, 6.45) is 1.54. The highest BCUT2D eigenvalue weighted by Crippen LogP contribution is 2.40. The van der Waals surface area contributed by atoms with E-state index >= 15 is 0 Å². The van der Waals surface area contributed by atoms with Gasteiger partial charge in [0.25, 0.3) is 0 Å². The minimum Gasteiger partial charge on any atom is -0.394 e. The van der Waals surface area contributed by atoms with E-state index in [4.69, 9.17) is 10.5 Å². The first kappa shape index (κ1) is 14.9. The van der Waals surface area contributed by atoms with Gasteiger partial charge >= 0.3 is 0 Å². The number of fused-ring (bicyclic) bond motifs is 1. The van der Waals surface area contributed by atoms with Gasteiger partial charge in [-0.05, 0) is 6.92 Å². The zero-order valence-electron chi connectivity index (χ0n) is 12.0. The summed E-state index contributed by atoms with van der Waals surface area (Å²) < 4.78 is 7.18. The fourth-order valence-corrected chi connectivity index (χ4v) is 2.86. The number of aromatic nitrogens is 3. The molecule has 3 heterocycles. The topological polar surface area (TPSA) is 127 Å². The first-order chi connectivity index (χ1) is 10.4. The van der Waals surface area contributed by atoms with Crippen molar-refractivity contribution in [3.05, 3.63) is 24.7 Å². The SMILES string of the molecule is C=Cc1cn(C2OC(CO)C(O)[C@@]2(C)O)c2ncnc(N)c12. The van der Waals surface area contributed by atoms with Crippen molar-refractivity contribution in [2.45, 2.75) is 31.0 Å². The van der Waals surface area contributed by atoms with Gasteiger partial charge in [-0.3, -0.25) is 0 Å². The lowest BCUT2D eigenvalue weighted by molar-refractivity contribution is -0.0948. The van der Waals surface area contributed by atoms with E-state index < -0.39 is 30.6 Å². The Hall–Kier alpha value is -2.00. The molecule has 2 aromatic heterocycles. The van der Waals surface area contributed by atoms with Gasteiger partial charge in [-0.2, -0.15) is 0 Å². The molecule has 4 atom stereocenters. The number of aliphatic hydroxyl groups excluding tert-OH is 2. The van der Waals surface area contributed by atoms with Crippen LogP contribution >= 0.6 is 0 Å². The Bertz CT molecular complexity index is 727. The van der Waals surface area contributed by atoms with Crippen LogP contribution in [0.1, 0.15) is 18.7 Å². The average molecular weight is 306 g/mol. The third-order valence-electron chi connectivity index (χ3n) is 4.08. The molecule has 0 aromatic carbocycles. The molecule has 118 valence electrons. The number of anilines is 1. The van der Waals surface area contributed by atoms with Gasteiger partial charge in [-0.15, -0.1) is 0 Å². The molecule has 22 heavy (non-hydrogen) atoms. The Labute approximate surface area is 126 Å². The zero-order valence-corrected chi connectivity index (χ0v) is 12.0. The molecule has 0 radical (unpaired) electrons. The lowest BCUT2D eigenvalue weighted by Crippen LogP contribution is -2.44. The first-order valence-electron chi connectivity index (χ1n) is 6.82. The molecule has 1 saturated heterocycles. The Morgan fingerprint density at radius 3 is 2.86 bits per heavy atom. The van der Waals surface area contributed by atoms with Crippen molar-refractivity contribution < 1.29 is 20.1 Å². The van der Waals surface area contributed by atoms with E-state index in [1.807, 2.05) is 0 Å². The molecular formula is C14H18N4O4. The summed E-state index contributed by atoms with van der Waals surface area (Å²) in [5.74, 6) is 0.288. The Balaban J connectivity index is 2.19. The van der Waals surface area contributed by atoms with E-state index in [9.17, 15) is 15.3 Å². The van der Waals surface area contributed by atoms with Gasteiger partial charge in [0.1, 0.15) is 35.6 Å². The second kappa shape index (κ2) is 5.03. The van der Waals surface area contributed by atoms with Gasteiger partial charge in [0.05, 0.1) is 12.0 Å². The van der Waals surface area contributed by atoms with Crippen LogP contribution in [0.3, 0.4) is 0 Å². The molecule has 0 spiro atoms. The summed E-state index contributed by atoms with van der Waals surface area (Å²) >= 11 is 0. The fraction of sp³-hybridized carbons (Fsp3) is 0.429. The number of aliphatic hydroxyl groups is 3. The normalized spacial score (nSPS) is 31.7. The molecule has 0 bridgehead atoms. The largest absolute Gasteiger partial charge is 0.394 e. The van der Waals surface area contributed by atoms with Crippen LogP contribution in [0.15, 0.2) is 19.1 Å². The molecular weight excluding hydrogens is 288 g/mol. The Morgan fingerprint density at radius 1 is 1.55 bits per heavy atom. The van der Waals surface area contributed by atoms with Gasteiger partial charge in [0.2, 0.25) is 0 Å². The van der Waals surface area contributed by atoms with Crippen molar-refractivity contribution >= 4 is 22.9 Å². The molecule has 0 amide bonds. The summed E-state index contributed by atoms with van der Waals surface area (Å²) in [4.78, 5) is 8.14. The molecule has 0 saturated carbocycles. The van der Waals surface area contributed by atoms with E-state index in [1.54, 1.807) is 16.8 Å². The van der Waals surface area contributed by atoms with E-state index in [-0.39, 0.29) is 5.82 Å². The van der Waals surface area contributed by atoms with Gasteiger partial charge in [-0.1, -0.05) is 12.7 Å². The molecule has 3 unspecified atom stereocenters. The van der Waals surface area contributed by atoms with Gasteiger partial charge in [0.15, 0.2) is 6.23 Å². The second-order valence-electron chi connectivity index (χ2n) is 5.53. The number of nitrogen functional groups attached to an aromatic ring is 1. The number of ether oxygens (including phenoxy) is 1. The van der Waals surface area contributed by atoms with Crippen molar-refractivity contribution in [2.75, 3.05) is 12.3 Å². The summed E-state index contributed by atoms with van der Waals surface area (Å²) in [5.41, 5.74) is 5.43. The van der Waals surface area contributed by atoms with Crippen LogP contribution in [0.5, 0.6) is 0 Å². The van der Waals surface area contributed by atoms with Crippen LogP contribution < -0.4 is 5.73 Å². The lowest BCUT2D eigenvalue weighted by atomic mass is 9.96. The molecule has 2 aromatic rings. The smallest absolute Gasteiger partial charge is 0.167 e. The summed E-state index contributed by atoms with van der Waals surface area (Å²) in [6.45, 7) is 4.77. The molecule has 3 rings (SSSR count). The lowest BCUT2D eigenvalue weighted by Gasteiger charge is -2.27. The van der Waals surface area contributed by atoms with Crippen molar-refractivity contribution in [3.8, 4) is 0 Å². The van der Waals surface area contributed by atoms with Crippen molar-refractivity contribution in [2.24, 2.45) is 0 Å². The van der Waals surface area contributed by atoms with Gasteiger partial charge < -0.3 is 30.4 Å². The zero-order chi connectivity index (χ0) is 16.1. The number of hydrogen-bond acceptors (Lipinski definition) is 7. The quantitative estimate of drug-likeness (QED) is 0.611. The van der Waals surface area contributed by atoms with Gasteiger partial charge in [-0.25, -0.2) is 9.97 Å². The van der Waals surface area contributed by atoms with E-state index in [2.05, 4.69) is 16.5 Å². The first-order valence-corrected chi connectivity index (χ1v) is 6.82. The molecule has 5 N–H and O–H groups in total. The summed E-state index contributed by atoms with van der Waals surface area (Å²) in [5, 5.41) is 30.6. The number of nitrogens with zero attached hydrogens (tertiary/aromatic N) is 3. The number of rotatable bonds is 3. The van der Waals surface area contributed by atoms with Crippen LogP contribution in [0.2, 0.25) is 0 Å². The predicted octanol–water partition coefficient (Wildman–Crippen LogP) is -0.342. The average Bonchev–Trinajstić information content (AvgIpc) is 2.97. The fourth-order valence-electron chi connectivity index (χ4n) is 2.86. The third kappa shape index (κ3) is 1.92. The maximum Gasteiger partial charge on any atom is 0.167 e. The van der Waals surface area contributed by atoms with Crippen LogP contribution in [-0.4, -0.2) is 54.3 Å². The maximum atomic E-state index is 10.6. The molecule has 1 aliphatic rings.